The molecule has 0 aliphatic heterocycles. The molecule has 3 aromatic carbocycles. The largest absolute Gasteiger partial charge is 0.329 e. The average Bonchev–Trinajstić information content (AvgIpc) is 3.18. The van der Waals surface area contributed by atoms with E-state index in [1.54, 1.807) is 23.9 Å². The van der Waals surface area contributed by atoms with Gasteiger partial charge in [0.2, 0.25) is 5.95 Å². The zero-order chi connectivity index (χ0) is 22.9. The Morgan fingerprint density at radius 1 is 1.06 bits per heavy atom. The number of nitrogens with one attached hydrogen (secondary N) is 2. The summed E-state index contributed by atoms with van der Waals surface area (Å²) in [5, 5.41) is 6.99. The SMILES string of the molecule is Cn1c(=O)[nH]c(=O)c2c1nc(N/N=C/c1ccccc1Cl)n2Cc1cccc2ccccc12. The van der Waals surface area contributed by atoms with Gasteiger partial charge in [-0.15, -0.1) is 0 Å². The molecular formula is C24H19ClN6O2. The third-order valence-electron chi connectivity index (χ3n) is 5.49. The second kappa shape index (κ2) is 8.40. The summed E-state index contributed by atoms with van der Waals surface area (Å²) in [5.74, 6) is 0.327. The molecule has 0 aliphatic rings. The summed E-state index contributed by atoms with van der Waals surface area (Å²) < 4.78 is 3.03. The fraction of sp³-hybridized carbons (Fsp3) is 0.0833. The van der Waals surface area contributed by atoms with Crippen LogP contribution in [0.25, 0.3) is 21.9 Å². The number of halogens is 1. The van der Waals surface area contributed by atoms with Crippen molar-refractivity contribution in [2.75, 3.05) is 5.43 Å². The highest BCUT2D eigenvalue weighted by Gasteiger charge is 2.18. The van der Waals surface area contributed by atoms with E-state index in [4.69, 9.17) is 11.6 Å². The molecule has 0 bridgehead atoms. The van der Waals surface area contributed by atoms with Crippen LogP contribution in [0.3, 0.4) is 0 Å². The van der Waals surface area contributed by atoms with Crippen molar-refractivity contribution in [2.24, 2.45) is 12.1 Å². The monoisotopic (exact) mass is 458 g/mol. The summed E-state index contributed by atoms with van der Waals surface area (Å²) >= 11 is 6.20. The molecule has 2 heterocycles. The summed E-state index contributed by atoms with van der Waals surface area (Å²) in [6, 6.07) is 21.3. The molecule has 2 aromatic heterocycles. The van der Waals surface area contributed by atoms with E-state index in [0.29, 0.717) is 17.5 Å². The van der Waals surface area contributed by atoms with Crippen LogP contribution in [0, 0.1) is 0 Å². The van der Waals surface area contributed by atoms with E-state index < -0.39 is 11.2 Å². The number of aromatic nitrogens is 4. The third-order valence-corrected chi connectivity index (χ3v) is 5.83. The Bertz CT molecular complexity index is 1640. The minimum absolute atomic E-state index is 0.263. The van der Waals surface area contributed by atoms with E-state index >= 15 is 0 Å². The van der Waals surface area contributed by atoms with Gasteiger partial charge >= 0.3 is 5.69 Å². The van der Waals surface area contributed by atoms with Crippen LogP contribution in [-0.2, 0) is 13.6 Å². The van der Waals surface area contributed by atoms with Crippen LogP contribution in [0.4, 0.5) is 5.95 Å². The Labute approximate surface area is 192 Å². The molecule has 0 atom stereocenters. The molecule has 0 aliphatic carbocycles. The molecular weight excluding hydrogens is 440 g/mol. The van der Waals surface area contributed by atoms with Gasteiger partial charge < -0.3 is 0 Å². The number of imidazole rings is 1. The van der Waals surface area contributed by atoms with Crippen molar-refractivity contribution in [3.05, 3.63) is 104 Å². The van der Waals surface area contributed by atoms with Crippen molar-refractivity contribution in [3.63, 3.8) is 0 Å². The standard InChI is InChI=1S/C24H19ClN6O2/c1-30-21-20(22(32)28-24(30)33)31(14-17-10-6-9-15-7-2-4-11-18(15)17)23(27-21)29-26-13-16-8-3-5-12-19(16)25/h2-13H,14H2,1H3,(H,27,29)(H,28,32,33)/b26-13+. The van der Waals surface area contributed by atoms with E-state index in [2.05, 4.69) is 20.5 Å². The van der Waals surface area contributed by atoms with E-state index in [0.717, 1.165) is 21.9 Å². The second-order valence-electron chi connectivity index (χ2n) is 7.54. The number of anilines is 1. The first-order valence-electron chi connectivity index (χ1n) is 10.2. The molecule has 8 nitrogen and oxygen atoms in total. The Balaban J connectivity index is 1.64. The van der Waals surface area contributed by atoms with Gasteiger partial charge in [-0.25, -0.2) is 10.2 Å². The van der Waals surface area contributed by atoms with Gasteiger partial charge in [0.15, 0.2) is 11.2 Å². The first-order chi connectivity index (χ1) is 16.0. The lowest BCUT2D eigenvalue weighted by Gasteiger charge is -2.11. The summed E-state index contributed by atoms with van der Waals surface area (Å²) in [5.41, 5.74) is 4.14. The molecule has 33 heavy (non-hydrogen) atoms. The van der Waals surface area contributed by atoms with Gasteiger partial charge in [0, 0.05) is 17.6 Å². The maximum Gasteiger partial charge on any atom is 0.329 e. The minimum Gasteiger partial charge on any atom is -0.298 e. The number of nitrogens with zero attached hydrogens (tertiary/aromatic N) is 4. The Hall–Kier alpha value is -4.17. The number of aryl methyl sites for hydroxylation is 1. The van der Waals surface area contributed by atoms with E-state index in [1.165, 1.54) is 4.57 Å². The van der Waals surface area contributed by atoms with Crippen LogP contribution < -0.4 is 16.7 Å². The van der Waals surface area contributed by atoms with Crippen molar-refractivity contribution in [1.29, 1.82) is 0 Å². The summed E-state index contributed by atoms with van der Waals surface area (Å²) in [6.45, 7) is 0.350. The highest BCUT2D eigenvalue weighted by Crippen LogP contribution is 2.23. The van der Waals surface area contributed by atoms with Gasteiger partial charge in [-0.05, 0) is 22.4 Å². The summed E-state index contributed by atoms with van der Waals surface area (Å²) in [7, 11) is 1.56. The molecule has 0 fully saturated rings. The summed E-state index contributed by atoms with van der Waals surface area (Å²) in [4.78, 5) is 31.8. The van der Waals surface area contributed by atoms with E-state index in [9.17, 15) is 9.59 Å². The normalized spacial score (nSPS) is 11.6. The summed E-state index contributed by atoms with van der Waals surface area (Å²) in [6.07, 6.45) is 1.58. The first kappa shape index (κ1) is 20.7. The predicted molar refractivity (Wildman–Crippen MR) is 131 cm³/mol. The molecule has 0 saturated carbocycles. The van der Waals surface area contributed by atoms with Crippen LogP contribution in [0.1, 0.15) is 11.1 Å². The zero-order valence-electron chi connectivity index (χ0n) is 17.6. The van der Waals surface area contributed by atoms with Crippen molar-refractivity contribution < 1.29 is 0 Å². The van der Waals surface area contributed by atoms with Crippen molar-refractivity contribution in [1.82, 2.24) is 19.1 Å². The van der Waals surface area contributed by atoms with Gasteiger partial charge in [0.1, 0.15) is 0 Å². The Morgan fingerprint density at radius 3 is 2.67 bits per heavy atom. The lowest BCUT2D eigenvalue weighted by molar-refractivity contribution is 0.811. The third kappa shape index (κ3) is 3.81. The van der Waals surface area contributed by atoms with Crippen molar-refractivity contribution in [2.45, 2.75) is 6.54 Å². The number of aromatic amines is 1. The van der Waals surface area contributed by atoms with Crippen LogP contribution in [-0.4, -0.2) is 25.3 Å². The first-order valence-corrected chi connectivity index (χ1v) is 10.6. The highest BCUT2D eigenvalue weighted by molar-refractivity contribution is 6.33. The van der Waals surface area contributed by atoms with Crippen LogP contribution in [0.15, 0.2) is 81.4 Å². The van der Waals surface area contributed by atoms with Gasteiger partial charge in [-0.1, -0.05) is 72.3 Å². The fourth-order valence-corrected chi connectivity index (χ4v) is 4.00. The van der Waals surface area contributed by atoms with E-state index in [1.807, 2.05) is 60.7 Å². The number of hydrogen-bond donors (Lipinski definition) is 2. The molecule has 9 heteroatoms. The number of benzene rings is 3. The molecule has 164 valence electrons. The van der Waals surface area contributed by atoms with Crippen LogP contribution in [0.5, 0.6) is 0 Å². The maximum atomic E-state index is 12.8. The maximum absolute atomic E-state index is 12.8. The molecule has 0 saturated heterocycles. The van der Waals surface area contributed by atoms with Gasteiger partial charge in [0.25, 0.3) is 5.56 Å². The Kier molecular flexibility index (Phi) is 5.27. The molecule has 0 radical (unpaired) electrons. The molecule has 0 spiro atoms. The molecule has 5 rings (SSSR count). The topological polar surface area (TPSA) is 97.1 Å². The van der Waals surface area contributed by atoms with E-state index in [-0.39, 0.29) is 11.2 Å². The molecule has 0 unspecified atom stereocenters. The average molecular weight is 459 g/mol. The number of H-pyrrole nitrogens is 1. The van der Waals surface area contributed by atoms with Crippen LogP contribution >= 0.6 is 11.6 Å². The zero-order valence-corrected chi connectivity index (χ0v) is 18.4. The van der Waals surface area contributed by atoms with Gasteiger partial charge in [-0.3, -0.25) is 18.9 Å². The second-order valence-corrected chi connectivity index (χ2v) is 7.95. The van der Waals surface area contributed by atoms with Gasteiger partial charge in [0.05, 0.1) is 12.8 Å². The minimum atomic E-state index is -0.534. The number of hydrazone groups is 1. The molecule has 0 amide bonds. The Morgan fingerprint density at radius 2 is 1.82 bits per heavy atom. The number of rotatable bonds is 5. The molecule has 5 aromatic rings. The fourth-order valence-electron chi connectivity index (χ4n) is 3.81. The highest BCUT2D eigenvalue weighted by atomic mass is 35.5. The number of hydrogen-bond acceptors (Lipinski definition) is 5. The number of fused-ring (bicyclic) bond motifs is 2. The van der Waals surface area contributed by atoms with Crippen molar-refractivity contribution in [3.8, 4) is 0 Å². The van der Waals surface area contributed by atoms with Gasteiger partial charge in [-0.2, -0.15) is 10.1 Å². The molecule has 2 N–H and O–H groups in total. The lowest BCUT2D eigenvalue weighted by atomic mass is 10.0. The predicted octanol–water partition coefficient (Wildman–Crippen LogP) is 3.72. The van der Waals surface area contributed by atoms with Crippen LogP contribution in [0.2, 0.25) is 5.02 Å². The quantitative estimate of drug-likeness (QED) is 0.310. The smallest absolute Gasteiger partial charge is 0.298 e. The lowest BCUT2D eigenvalue weighted by Crippen LogP contribution is -2.29. The van der Waals surface area contributed by atoms with Crippen molar-refractivity contribution >= 4 is 45.7 Å².